The minimum Gasteiger partial charge on any atom is -0.481 e. The number of carbonyl (C=O) groups is 1. The number of nitrogens with two attached hydrogens (primary N) is 1. The molecule has 0 spiro atoms. The van der Waals surface area contributed by atoms with E-state index in [4.69, 9.17) is 10.8 Å². The number of nitrogens with zero attached hydrogens (tertiary/aromatic N) is 1. The lowest BCUT2D eigenvalue weighted by Crippen LogP contribution is -2.08. The smallest absolute Gasteiger partial charge is 0.307 e. The third-order valence-electron chi connectivity index (χ3n) is 1.69. The molecule has 0 bridgehead atoms. The van der Waals surface area contributed by atoms with Crippen molar-refractivity contribution in [2.24, 2.45) is 0 Å². The van der Waals surface area contributed by atoms with Crippen LogP contribution in [0.2, 0.25) is 0 Å². The largest absolute Gasteiger partial charge is 0.481 e. The fourth-order valence-corrected chi connectivity index (χ4v) is 1.07. The Morgan fingerprint density at radius 1 is 1.64 bits per heavy atom. The van der Waals surface area contributed by atoms with Crippen LogP contribution in [0.4, 0.5) is 14.6 Å². The molecule has 0 unspecified atom stereocenters. The van der Waals surface area contributed by atoms with Crippen molar-refractivity contribution in [3.8, 4) is 0 Å². The lowest BCUT2D eigenvalue weighted by atomic mass is 10.1. The van der Waals surface area contributed by atoms with Crippen molar-refractivity contribution in [1.82, 2.24) is 4.98 Å². The second kappa shape index (κ2) is 3.99. The molecule has 0 aromatic carbocycles. The van der Waals surface area contributed by atoms with Crippen LogP contribution in [-0.2, 0) is 11.2 Å². The van der Waals surface area contributed by atoms with Crippen molar-refractivity contribution in [2.45, 2.75) is 12.8 Å². The van der Waals surface area contributed by atoms with Crippen molar-refractivity contribution < 1.29 is 18.7 Å². The van der Waals surface area contributed by atoms with Crippen molar-refractivity contribution in [3.05, 3.63) is 23.4 Å². The average Bonchev–Trinajstić information content (AvgIpc) is 2.07. The van der Waals surface area contributed by atoms with Gasteiger partial charge in [0.1, 0.15) is 5.82 Å². The van der Waals surface area contributed by atoms with Gasteiger partial charge in [0.25, 0.3) is 6.43 Å². The van der Waals surface area contributed by atoms with Crippen LogP contribution >= 0.6 is 0 Å². The molecule has 76 valence electrons. The Morgan fingerprint density at radius 2 is 2.29 bits per heavy atom. The molecule has 4 nitrogen and oxygen atoms in total. The van der Waals surface area contributed by atoms with Gasteiger partial charge in [-0.2, -0.15) is 0 Å². The number of pyridine rings is 1. The van der Waals surface area contributed by atoms with Gasteiger partial charge in [-0.15, -0.1) is 0 Å². The predicted octanol–water partition coefficient (Wildman–Crippen LogP) is 1.23. The van der Waals surface area contributed by atoms with Gasteiger partial charge in [0.15, 0.2) is 0 Å². The number of carboxylic acids is 1. The average molecular weight is 202 g/mol. The molecule has 0 atom stereocenters. The molecule has 0 radical (unpaired) electrons. The van der Waals surface area contributed by atoms with Crippen molar-refractivity contribution in [2.75, 3.05) is 5.73 Å². The van der Waals surface area contributed by atoms with Crippen molar-refractivity contribution in [3.63, 3.8) is 0 Å². The van der Waals surface area contributed by atoms with E-state index in [9.17, 15) is 13.6 Å². The molecule has 0 amide bonds. The Hall–Kier alpha value is -1.72. The number of halogens is 2. The normalized spacial score (nSPS) is 10.5. The Morgan fingerprint density at radius 3 is 2.79 bits per heavy atom. The van der Waals surface area contributed by atoms with Crippen LogP contribution in [-0.4, -0.2) is 16.1 Å². The number of alkyl halides is 2. The van der Waals surface area contributed by atoms with E-state index >= 15 is 0 Å². The van der Waals surface area contributed by atoms with E-state index in [2.05, 4.69) is 4.98 Å². The first-order valence-electron chi connectivity index (χ1n) is 3.75. The highest BCUT2D eigenvalue weighted by atomic mass is 19.3. The summed E-state index contributed by atoms with van der Waals surface area (Å²) in [5.41, 5.74) is 4.81. The quantitative estimate of drug-likeness (QED) is 0.772. The van der Waals surface area contributed by atoms with Crippen LogP contribution in [0.3, 0.4) is 0 Å². The van der Waals surface area contributed by atoms with E-state index in [0.717, 1.165) is 12.3 Å². The molecule has 1 heterocycles. The van der Waals surface area contributed by atoms with Gasteiger partial charge >= 0.3 is 5.97 Å². The number of hydrogen-bond acceptors (Lipinski definition) is 3. The summed E-state index contributed by atoms with van der Waals surface area (Å²) in [5, 5.41) is 8.47. The topological polar surface area (TPSA) is 76.2 Å². The second-order valence-corrected chi connectivity index (χ2v) is 2.64. The molecular formula is C8H8F2N2O2. The zero-order valence-electron chi connectivity index (χ0n) is 7.08. The second-order valence-electron chi connectivity index (χ2n) is 2.64. The minimum atomic E-state index is -2.74. The Bertz CT molecular complexity index is 355. The standard InChI is InChI=1S/C8H8F2N2O2/c9-7(10)4-1-2-12-8(11)5(4)3-6(13)14/h1-2,7H,3H2,(H2,11,12)(H,13,14). The Balaban J connectivity index is 3.15. The highest BCUT2D eigenvalue weighted by Crippen LogP contribution is 2.25. The molecule has 0 aliphatic rings. The maximum atomic E-state index is 12.4. The highest BCUT2D eigenvalue weighted by Gasteiger charge is 2.17. The van der Waals surface area contributed by atoms with Gasteiger partial charge in [-0.3, -0.25) is 4.79 Å². The molecule has 0 fully saturated rings. The summed E-state index contributed by atoms with van der Waals surface area (Å²) < 4.78 is 24.8. The molecule has 1 aromatic heterocycles. The molecule has 0 aliphatic carbocycles. The van der Waals surface area contributed by atoms with Crippen molar-refractivity contribution in [1.29, 1.82) is 0 Å². The van der Waals surface area contributed by atoms with Crippen LogP contribution in [0.25, 0.3) is 0 Å². The fourth-order valence-electron chi connectivity index (χ4n) is 1.07. The fraction of sp³-hybridized carbons (Fsp3) is 0.250. The number of rotatable bonds is 3. The molecule has 0 aliphatic heterocycles. The Kier molecular flexibility index (Phi) is 2.95. The van der Waals surface area contributed by atoms with Gasteiger partial charge in [0.05, 0.1) is 6.42 Å². The van der Waals surface area contributed by atoms with Gasteiger partial charge in [-0.05, 0) is 6.07 Å². The van der Waals surface area contributed by atoms with E-state index in [0.29, 0.717) is 0 Å². The number of carboxylic acid groups (broad SMARTS) is 1. The summed E-state index contributed by atoms with van der Waals surface area (Å²) in [6.45, 7) is 0. The van der Waals surface area contributed by atoms with E-state index in [1.807, 2.05) is 0 Å². The van der Waals surface area contributed by atoms with Gasteiger partial charge in [0.2, 0.25) is 0 Å². The van der Waals surface area contributed by atoms with Crippen LogP contribution < -0.4 is 5.73 Å². The third-order valence-corrected chi connectivity index (χ3v) is 1.69. The lowest BCUT2D eigenvalue weighted by molar-refractivity contribution is -0.136. The summed E-state index contributed by atoms with van der Waals surface area (Å²) in [6, 6.07) is 1.07. The number of aliphatic carboxylic acids is 1. The number of aromatic nitrogens is 1. The monoisotopic (exact) mass is 202 g/mol. The summed E-state index contributed by atoms with van der Waals surface area (Å²) in [4.78, 5) is 13.9. The number of nitrogen functional groups attached to an aromatic ring is 1. The Labute approximate surface area is 78.4 Å². The van der Waals surface area contributed by atoms with E-state index in [1.165, 1.54) is 0 Å². The van der Waals surface area contributed by atoms with Crippen molar-refractivity contribution >= 4 is 11.8 Å². The summed E-state index contributed by atoms with van der Waals surface area (Å²) in [6.07, 6.45) is -2.16. The minimum absolute atomic E-state index is 0.116. The molecule has 3 N–H and O–H groups in total. The third kappa shape index (κ3) is 2.15. The zero-order valence-corrected chi connectivity index (χ0v) is 7.08. The summed E-state index contributed by atoms with van der Waals surface area (Å²) >= 11 is 0. The molecular weight excluding hydrogens is 194 g/mol. The van der Waals surface area contributed by atoms with E-state index < -0.39 is 18.8 Å². The first kappa shape index (κ1) is 10.4. The number of anilines is 1. The van der Waals surface area contributed by atoms with Crippen LogP contribution in [0, 0.1) is 0 Å². The van der Waals surface area contributed by atoms with Crippen LogP contribution in [0.5, 0.6) is 0 Å². The number of hydrogen-bond donors (Lipinski definition) is 2. The highest BCUT2D eigenvalue weighted by molar-refractivity contribution is 5.73. The molecule has 1 rings (SSSR count). The molecule has 0 saturated heterocycles. The first-order valence-corrected chi connectivity index (χ1v) is 3.75. The van der Waals surface area contributed by atoms with E-state index in [1.54, 1.807) is 0 Å². The summed E-state index contributed by atoms with van der Waals surface area (Å²) in [7, 11) is 0. The van der Waals surface area contributed by atoms with Gasteiger partial charge in [0, 0.05) is 17.3 Å². The van der Waals surface area contributed by atoms with E-state index in [-0.39, 0.29) is 16.9 Å². The molecule has 0 saturated carbocycles. The maximum Gasteiger partial charge on any atom is 0.307 e. The lowest BCUT2D eigenvalue weighted by Gasteiger charge is -2.08. The first-order chi connectivity index (χ1) is 6.52. The van der Waals surface area contributed by atoms with Gasteiger partial charge < -0.3 is 10.8 Å². The molecule has 1 aromatic rings. The maximum absolute atomic E-state index is 12.4. The summed E-state index contributed by atoms with van der Waals surface area (Å²) in [5.74, 6) is -1.38. The molecule has 14 heavy (non-hydrogen) atoms. The van der Waals surface area contributed by atoms with Crippen LogP contribution in [0.1, 0.15) is 17.6 Å². The SMILES string of the molecule is Nc1nccc(C(F)F)c1CC(=O)O. The van der Waals surface area contributed by atoms with Gasteiger partial charge in [-0.25, -0.2) is 13.8 Å². The zero-order chi connectivity index (χ0) is 10.7. The predicted molar refractivity (Wildman–Crippen MR) is 44.9 cm³/mol. The van der Waals surface area contributed by atoms with Gasteiger partial charge in [-0.1, -0.05) is 0 Å². The van der Waals surface area contributed by atoms with Crippen LogP contribution in [0.15, 0.2) is 12.3 Å². The molecule has 6 heteroatoms.